The Morgan fingerprint density at radius 2 is 2.22 bits per heavy atom. The zero-order valence-electron chi connectivity index (χ0n) is 4.79. The minimum Gasteiger partial charge on any atom is -0.365 e. The van der Waals surface area contributed by atoms with Crippen molar-refractivity contribution in [3.05, 3.63) is 0 Å². The second kappa shape index (κ2) is 1.70. The van der Waals surface area contributed by atoms with Gasteiger partial charge in [-0.2, -0.15) is 0 Å². The molecule has 50 valence electrons. The second-order valence-corrected chi connectivity index (χ2v) is 1.78. The highest BCUT2D eigenvalue weighted by molar-refractivity contribution is 6.02. The number of carbonyl (C=O) groups excluding carboxylic acids is 2. The monoisotopic (exact) mass is 130 g/mol. The Kier molecular flexibility index (Phi) is 1.14. The molecular weight excluding hydrogens is 124 g/mol. The minimum absolute atomic E-state index is 0.562. The summed E-state index contributed by atoms with van der Waals surface area (Å²) in [6, 6.07) is -0.562. The zero-order chi connectivity index (χ0) is 7.02. The Morgan fingerprint density at radius 3 is 2.33 bits per heavy atom. The van der Waals surface area contributed by atoms with Crippen LogP contribution < -0.4 is 5.32 Å². The molecule has 1 rings (SSSR count). The number of rotatable bonds is 0. The lowest BCUT2D eigenvalue weighted by Crippen LogP contribution is -2.30. The number of amides is 3. The summed E-state index contributed by atoms with van der Waals surface area (Å²) in [6.07, 6.45) is -1.31. The molecule has 1 heterocycles. The molecule has 1 unspecified atom stereocenters. The van der Waals surface area contributed by atoms with Crippen molar-refractivity contribution in [2.45, 2.75) is 6.23 Å². The van der Waals surface area contributed by atoms with Gasteiger partial charge in [-0.05, 0) is 0 Å². The van der Waals surface area contributed by atoms with Crippen LogP contribution in [0.5, 0.6) is 0 Å². The highest BCUT2D eigenvalue weighted by atomic mass is 16.3. The Labute approximate surface area is 51.3 Å². The Morgan fingerprint density at radius 1 is 1.67 bits per heavy atom. The summed E-state index contributed by atoms with van der Waals surface area (Å²) >= 11 is 0. The van der Waals surface area contributed by atoms with Crippen molar-refractivity contribution in [3.8, 4) is 0 Å². The molecule has 1 atom stereocenters. The van der Waals surface area contributed by atoms with Crippen LogP contribution in [-0.2, 0) is 4.79 Å². The number of imide groups is 1. The van der Waals surface area contributed by atoms with Crippen molar-refractivity contribution in [3.63, 3.8) is 0 Å². The lowest BCUT2D eigenvalue weighted by molar-refractivity contribution is -0.129. The fraction of sp³-hybridized carbons (Fsp3) is 0.500. The normalized spacial score (nSPS) is 26.9. The molecule has 5 heteroatoms. The van der Waals surface area contributed by atoms with Gasteiger partial charge in [0.05, 0.1) is 0 Å². The highest BCUT2D eigenvalue weighted by Crippen LogP contribution is 1.99. The van der Waals surface area contributed by atoms with Crippen LogP contribution in [0, 0.1) is 0 Å². The maximum atomic E-state index is 10.4. The number of likely N-dealkylation sites (N-methyl/N-ethyl adjacent to an activating group) is 1. The van der Waals surface area contributed by atoms with E-state index in [0.29, 0.717) is 0 Å². The van der Waals surface area contributed by atoms with Crippen molar-refractivity contribution in [1.82, 2.24) is 10.2 Å². The Hall–Kier alpha value is -1.10. The van der Waals surface area contributed by atoms with E-state index in [-0.39, 0.29) is 0 Å². The average Bonchev–Trinajstić information content (AvgIpc) is 1.98. The zero-order valence-corrected chi connectivity index (χ0v) is 4.79. The first-order chi connectivity index (χ1) is 4.13. The maximum Gasteiger partial charge on any atom is 0.326 e. The first kappa shape index (κ1) is 6.03. The van der Waals surface area contributed by atoms with E-state index in [1.54, 1.807) is 0 Å². The van der Waals surface area contributed by atoms with Crippen LogP contribution in [0.15, 0.2) is 0 Å². The van der Waals surface area contributed by atoms with Gasteiger partial charge < -0.3 is 5.11 Å². The topological polar surface area (TPSA) is 69.6 Å². The first-order valence-electron chi connectivity index (χ1n) is 2.38. The summed E-state index contributed by atoms with van der Waals surface area (Å²) in [5.41, 5.74) is 0. The summed E-state index contributed by atoms with van der Waals surface area (Å²) in [4.78, 5) is 21.7. The van der Waals surface area contributed by atoms with Gasteiger partial charge in [-0.3, -0.25) is 15.0 Å². The number of hydrogen-bond donors (Lipinski definition) is 2. The summed E-state index contributed by atoms with van der Waals surface area (Å²) in [5, 5.41) is 10.6. The Balaban J connectivity index is 2.77. The van der Waals surface area contributed by atoms with E-state index in [4.69, 9.17) is 5.11 Å². The molecule has 2 N–H and O–H groups in total. The van der Waals surface area contributed by atoms with Crippen molar-refractivity contribution in [2.24, 2.45) is 0 Å². The third kappa shape index (κ3) is 0.746. The summed E-state index contributed by atoms with van der Waals surface area (Å²) in [5.74, 6) is -0.664. The standard InChI is InChI=1S/C4H6N2O3/c1-6-3(8)2(7)5-4(6)9/h3,8H,1H3,(H,5,7,9). The van der Waals surface area contributed by atoms with Crippen molar-refractivity contribution < 1.29 is 14.7 Å². The molecule has 0 saturated carbocycles. The van der Waals surface area contributed by atoms with Gasteiger partial charge in [-0.1, -0.05) is 0 Å². The molecule has 0 bridgehead atoms. The van der Waals surface area contributed by atoms with Gasteiger partial charge in [0, 0.05) is 7.05 Å². The molecule has 1 saturated heterocycles. The fourth-order valence-corrected chi connectivity index (χ4v) is 0.545. The number of hydrogen-bond acceptors (Lipinski definition) is 3. The van der Waals surface area contributed by atoms with Crippen LogP contribution in [0.2, 0.25) is 0 Å². The summed E-state index contributed by atoms with van der Waals surface area (Å²) < 4.78 is 0. The highest BCUT2D eigenvalue weighted by Gasteiger charge is 2.33. The van der Waals surface area contributed by atoms with E-state index in [9.17, 15) is 9.59 Å². The SMILES string of the molecule is CN1C(=O)NC(=O)C1O. The smallest absolute Gasteiger partial charge is 0.326 e. The predicted octanol–water partition coefficient (Wildman–Crippen LogP) is -1.51. The number of urea groups is 1. The van der Waals surface area contributed by atoms with Crippen molar-refractivity contribution in [2.75, 3.05) is 7.05 Å². The van der Waals surface area contributed by atoms with E-state index in [1.807, 2.05) is 5.32 Å². The summed E-state index contributed by atoms with van der Waals surface area (Å²) in [7, 11) is 1.34. The third-order valence-electron chi connectivity index (χ3n) is 1.15. The average molecular weight is 130 g/mol. The van der Waals surface area contributed by atoms with Crippen molar-refractivity contribution in [1.29, 1.82) is 0 Å². The molecule has 0 spiro atoms. The largest absolute Gasteiger partial charge is 0.365 e. The number of nitrogens with one attached hydrogen (secondary N) is 1. The van der Waals surface area contributed by atoms with Gasteiger partial charge in [0.1, 0.15) is 0 Å². The summed E-state index contributed by atoms with van der Waals surface area (Å²) in [6.45, 7) is 0. The van der Waals surface area contributed by atoms with Crippen LogP contribution in [0.3, 0.4) is 0 Å². The molecule has 0 aromatic heterocycles. The van der Waals surface area contributed by atoms with Gasteiger partial charge in [0.15, 0.2) is 0 Å². The Bertz CT molecular complexity index is 149. The molecule has 0 radical (unpaired) electrons. The molecule has 0 aromatic carbocycles. The molecule has 9 heavy (non-hydrogen) atoms. The molecule has 5 nitrogen and oxygen atoms in total. The molecule has 1 aliphatic heterocycles. The quantitative estimate of drug-likeness (QED) is 0.391. The van der Waals surface area contributed by atoms with Crippen LogP contribution in [0.25, 0.3) is 0 Å². The van der Waals surface area contributed by atoms with E-state index in [2.05, 4.69) is 0 Å². The van der Waals surface area contributed by atoms with Crippen LogP contribution in [-0.4, -0.2) is 35.2 Å². The lowest BCUT2D eigenvalue weighted by atomic mass is 10.5. The minimum atomic E-state index is -1.31. The second-order valence-electron chi connectivity index (χ2n) is 1.78. The maximum absolute atomic E-state index is 10.4. The van der Waals surface area contributed by atoms with E-state index in [0.717, 1.165) is 4.90 Å². The molecule has 3 amide bonds. The molecule has 0 aliphatic carbocycles. The molecular formula is C4H6N2O3. The van der Waals surface area contributed by atoms with E-state index < -0.39 is 18.2 Å². The van der Waals surface area contributed by atoms with Crippen LogP contribution in [0.4, 0.5) is 4.79 Å². The number of aliphatic hydroxyl groups excluding tert-OH is 1. The van der Waals surface area contributed by atoms with Gasteiger partial charge in [-0.25, -0.2) is 4.79 Å². The van der Waals surface area contributed by atoms with Gasteiger partial charge in [0.25, 0.3) is 5.91 Å². The predicted molar refractivity (Wildman–Crippen MR) is 27.3 cm³/mol. The van der Waals surface area contributed by atoms with Gasteiger partial charge in [-0.15, -0.1) is 0 Å². The molecule has 0 aromatic rings. The van der Waals surface area contributed by atoms with Crippen molar-refractivity contribution >= 4 is 11.9 Å². The number of carbonyl (C=O) groups is 2. The van der Waals surface area contributed by atoms with Crippen LogP contribution in [0.1, 0.15) is 0 Å². The van der Waals surface area contributed by atoms with E-state index >= 15 is 0 Å². The third-order valence-corrected chi connectivity index (χ3v) is 1.15. The molecule has 1 fully saturated rings. The van der Waals surface area contributed by atoms with Gasteiger partial charge in [0.2, 0.25) is 6.23 Å². The fourth-order valence-electron chi connectivity index (χ4n) is 0.545. The lowest BCUT2D eigenvalue weighted by Gasteiger charge is -2.07. The van der Waals surface area contributed by atoms with Crippen LogP contribution >= 0.6 is 0 Å². The number of nitrogens with zero attached hydrogens (tertiary/aromatic N) is 1. The first-order valence-corrected chi connectivity index (χ1v) is 2.38. The van der Waals surface area contributed by atoms with E-state index in [1.165, 1.54) is 7.05 Å². The molecule has 1 aliphatic rings. The van der Waals surface area contributed by atoms with Gasteiger partial charge >= 0.3 is 6.03 Å². The number of aliphatic hydroxyl groups is 1.